The van der Waals surface area contributed by atoms with Crippen molar-refractivity contribution in [1.29, 1.82) is 0 Å². The van der Waals surface area contributed by atoms with Crippen LogP contribution in [0.15, 0.2) is 15.9 Å². The van der Waals surface area contributed by atoms with Crippen LogP contribution in [0.4, 0.5) is 0 Å². The summed E-state index contributed by atoms with van der Waals surface area (Å²) in [5, 5.41) is 11.3. The molecule has 0 aliphatic heterocycles. The van der Waals surface area contributed by atoms with Gasteiger partial charge in [0.05, 0.1) is 5.92 Å². The third-order valence-corrected chi connectivity index (χ3v) is 5.37. The quantitative estimate of drug-likeness (QED) is 0.907. The van der Waals surface area contributed by atoms with E-state index in [4.69, 9.17) is 0 Å². The molecule has 1 heterocycles. The van der Waals surface area contributed by atoms with Gasteiger partial charge in [0.15, 0.2) is 0 Å². The predicted molar refractivity (Wildman–Crippen MR) is 73.4 cm³/mol. The summed E-state index contributed by atoms with van der Waals surface area (Å²) in [6.07, 6.45) is 3.86. The lowest BCUT2D eigenvalue weighted by Crippen LogP contribution is -2.31. The molecule has 4 heteroatoms. The number of carbonyl (C=O) groups is 1. The molecule has 1 aromatic rings. The molecule has 0 saturated heterocycles. The average Bonchev–Trinajstić information content (AvgIpc) is 2.63. The zero-order chi connectivity index (χ0) is 12.4. The third-order valence-electron chi connectivity index (χ3n) is 3.65. The van der Waals surface area contributed by atoms with Crippen LogP contribution in [0, 0.1) is 17.8 Å². The van der Waals surface area contributed by atoms with Gasteiger partial charge in [0, 0.05) is 14.7 Å². The number of halogens is 1. The maximum Gasteiger partial charge on any atom is 0.306 e. The molecular weight excluding hydrogens is 300 g/mol. The Bertz CT molecular complexity index is 402. The summed E-state index contributed by atoms with van der Waals surface area (Å²) in [5.41, 5.74) is 0. The predicted octanol–water partition coefficient (Wildman–Crippen LogP) is 4.19. The van der Waals surface area contributed by atoms with E-state index in [1.165, 1.54) is 4.88 Å². The largest absolute Gasteiger partial charge is 0.481 e. The maximum atomic E-state index is 11.3. The van der Waals surface area contributed by atoms with Crippen LogP contribution in [-0.2, 0) is 11.2 Å². The van der Waals surface area contributed by atoms with E-state index in [2.05, 4.69) is 34.3 Å². The van der Waals surface area contributed by atoms with E-state index < -0.39 is 5.97 Å². The Morgan fingerprint density at radius 1 is 1.59 bits per heavy atom. The summed E-state index contributed by atoms with van der Waals surface area (Å²) in [4.78, 5) is 12.6. The first-order chi connectivity index (χ1) is 8.06. The molecule has 1 aliphatic rings. The third kappa shape index (κ3) is 3.32. The number of aliphatic carboxylic acids is 1. The Hall–Kier alpha value is -0.350. The van der Waals surface area contributed by atoms with Crippen LogP contribution in [-0.4, -0.2) is 11.1 Å². The number of carboxylic acid groups (broad SMARTS) is 1. The van der Waals surface area contributed by atoms with E-state index in [0.717, 1.165) is 30.2 Å². The molecule has 0 bridgehead atoms. The zero-order valence-electron chi connectivity index (χ0n) is 9.86. The van der Waals surface area contributed by atoms with E-state index in [1.807, 2.05) is 0 Å². The van der Waals surface area contributed by atoms with Crippen molar-refractivity contribution in [2.75, 3.05) is 0 Å². The highest BCUT2D eigenvalue weighted by atomic mass is 79.9. The summed E-state index contributed by atoms with van der Waals surface area (Å²) in [6, 6.07) is 2.11. The van der Waals surface area contributed by atoms with Gasteiger partial charge >= 0.3 is 5.97 Å². The number of rotatable bonds is 3. The molecule has 1 fully saturated rings. The molecule has 94 valence electrons. The van der Waals surface area contributed by atoms with Gasteiger partial charge in [-0.25, -0.2) is 0 Å². The van der Waals surface area contributed by atoms with Gasteiger partial charge in [-0.2, -0.15) is 0 Å². The van der Waals surface area contributed by atoms with Gasteiger partial charge in [0.1, 0.15) is 0 Å². The fraction of sp³-hybridized carbons (Fsp3) is 0.615. The molecule has 0 aromatic carbocycles. The maximum absolute atomic E-state index is 11.3. The van der Waals surface area contributed by atoms with Crippen LogP contribution in [0.5, 0.6) is 0 Å². The minimum atomic E-state index is -0.613. The number of hydrogen-bond donors (Lipinski definition) is 1. The van der Waals surface area contributed by atoms with Gasteiger partial charge in [-0.15, -0.1) is 11.3 Å². The van der Waals surface area contributed by atoms with Crippen molar-refractivity contribution in [2.45, 2.75) is 32.6 Å². The van der Waals surface area contributed by atoms with Crippen LogP contribution >= 0.6 is 27.3 Å². The number of thiophene rings is 1. The van der Waals surface area contributed by atoms with E-state index in [0.29, 0.717) is 11.8 Å². The first-order valence-electron chi connectivity index (χ1n) is 6.02. The lowest BCUT2D eigenvalue weighted by Gasteiger charge is -2.32. The molecule has 3 atom stereocenters. The molecule has 1 aromatic heterocycles. The van der Waals surface area contributed by atoms with E-state index in [1.54, 1.807) is 11.3 Å². The zero-order valence-corrected chi connectivity index (χ0v) is 12.3. The molecule has 3 unspecified atom stereocenters. The Kier molecular flexibility index (Phi) is 4.26. The summed E-state index contributed by atoms with van der Waals surface area (Å²) >= 11 is 5.17. The topological polar surface area (TPSA) is 37.3 Å². The van der Waals surface area contributed by atoms with Crippen molar-refractivity contribution in [3.63, 3.8) is 0 Å². The Morgan fingerprint density at radius 2 is 2.35 bits per heavy atom. The van der Waals surface area contributed by atoms with Crippen LogP contribution in [0.25, 0.3) is 0 Å². The van der Waals surface area contributed by atoms with Crippen LogP contribution in [0.2, 0.25) is 0 Å². The van der Waals surface area contributed by atoms with Crippen molar-refractivity contribution >= 4 is 33.2 Å². The van der Waals surface area contributed by atoms with Crippen LogP contribution in [0.1, 0.15) is 31.1 Å². The molecular formula is C13H17BrO2S. The molecule has 1 N–H and O–H groups in total. The number of carboxylic acids is 1. The van der Waals surface area contributed by atoms with Crippen molar-refractivity contribution in [3.05, 3.63) is 20.8 Å². The lowest BCUT2D eigenvalue weighted by molar-refractivity contribution is -0.145. The average molecular weight is 317 g/mol. The van der Waals surface area contributed by atoms with Gasteiger partial charge < -0.3 is 5.11 Å². The highest BCUT2D eigenvalue weighted by molar-refractivity contribution is 9.10. The molecule has 1 saturated carbocycles. The second-order valence-electron chi connectivity index (χ2n) is 5.06. The van der Waals surface area contributed by atoms with E-state index >= 15 is 0 Å². The standard InChI is InChI=1S/C13H17BrO2S/c1-8-2-3-12(13(15)16)9(4-8)5-11-6-10(14)7-17-11/h6-9,12H,2-5H2,1H3,(H,15,16). The summed E-state index contributed by atoms with van der Waals surface area (Å²) < 4.78 is 1.10. The fourth-order valence-electron chi connectivity index (χ4n) is 2.77. The SMILES string of the molecule is CC1CCC(C(=O)O)C(Cc2cc(Br)cs2)C1. The second kappa shape index (κ2) is 5.53. The fourth-order valence-corrected chi connectivity index (χ4v) is 4.31. The van der Waals surface area contributed by atoms with Crippen LogP contribution in [0.3, 0.4) is 0 Å². The first kappa shape index (κ1) is 13.1. The molecule has 2 nitrogen and oxygen atoms in total. The summed E-state index contributed by atoms with van der Waals surface area (Å²) in [6.45, 7) is 2.23. The van der Waals surface area contributed by atoms with Crippen molar-refractivity contribution in [2.24, 2.45) is 17.8 Å². The number of hydrogen-bond acceptors (Lipinski definition) is 2. The van der Waals surface area contributed by atoms with Gasteiger partial charge in [-0.3, -0.25) is 4.79 Å². The highest BCUT2D eigenvalue weighted by Crippen LogP contribution is 2.37. The Balaban J connectivity index is 2.07. The Labute approximate surface area is 114 Å². The smallest absolute Gasteiger partial charge is 0.306 e. The van der Waals surface area contributed by atoms with Crippen molar-refractivity contribution in [3.8, 4) is 0 Å². The summed E-state index contributed by atoms with van der Waals surface area (Å²) in [7, 11) is 0. The van der Waals surface area contributed by atoms with Gasteiger partial charge in [0.25, 0.3) is 0 Å². The van der Waals surface area contributed by atoms with E-state index in [9.17, 15) is 9.90 Å². The highest BCUT2D eigenvalue weighted by Gasteiger charge is 2.33. The van der Waals surface area contributed by atoms with Crippen molar-refractivity contribution < 1.29 is 9.90 Å². The van der Waals surface area contributed by atoms with Gasteiger partial charge in [-0.05, 0) is 59.5 Å². The molecule has 2 rings (SSSR count). The molecule has 0 spiro atoms. The lowest BCUT2D eigenvalue weighted by atomic mass is 9.73. The van der Waals surface area contributed by atoms with Gasteiger partial charge in [0.2, 0.25) is 0 Å². The van der Waals surface area contributed by atoms with Crippen LogP contribution < -0.4 is 0 Å². The van der Waals surface area contributed by atoms with Crippen molar-refractivity contribution in [1.82, 2.24) is 0 Å². The van der Waals surface area contributed by atoms with E-state index in [-0.39, 0.29) is 5.92 Å². The Morgan fingerprint density at radius 3 is 2.94 bits per heavy atom. The van der Waals surface area contributed by atoms with Gasteiger partial charge in [-0.1, -0.05) is 6.92 Å². The normalized spacial score (nSPS) is 29.2. The second-order valence-corrected chi connectivity index (χ2v) is 6.97. The monoisotopic (exact) mass is 316 g/mol. The molecule has 1 aliphatic carbocycles. The molecule has 17 heavy (non-hydrogen) atoms. The minimum Gasteiger partial charge on any atom is -0.481 e. The first-order valence-corrected chi connectivity index (χ1v) is 7.69. The molecule has 0 radical (unpaired) electrons. The summed E-state index contributed by atoms with van der Waals surface area (Å²) in [5.74, 6) is 0.213. The molecule has 0 amide bonds. The minimum absolute atomic E-state index is 0.146.